The number of aromatic carboxylic acids is 1. The Labute approximate surface area is 138 Å². The number of rotatable bonds is 6. The molecule has 0 aliphatic heterocycles. The lowest BCUT2D eigenvalue weighted by Crippen LogP contribution is -2.24. The molecule has 0 amide bonds. The van der Waals surface area contributed by atoms with Gasteiger partial charge in [0.15, 0.2) is 0 Å². The van der Waals surface area contributed by atoms with E-state index in [9.17, 15) is 13.2 Å². The van der Waals surface area contributed by atoms with Gasteiger partial charge in [0.2, 0.25) is 10.0 Å². The Balaban J connectivity index is 2.30. The average molecular weight is 358 g/mol. The van der Waals surface area contributed by atoms with Gasteiger partial charge in [-0.15, -0.1) is 0 Å². The summed E-state index contributed by atoms with van der Waals surface area (Å²) in [6.45, 7) is 4.18. The third-order valence-electron chi connectivity index (χ3n) is 3.31. The first-order valence-corrected chi connectivity index (χ1v) is 8.65. The van der Waals surface area contributed by atoms with E-state index in [4.69, 9.17) is 16.7 Å². The molecule has 0 unspecified atom stereocenters. The smallest absolute Gasteiger partial charge is 0.335 e. The SMILES string of the molecule is CCn1cc(CNS(=O)(=O)c2cc(C(=O)O)cc(Cl)c2C)cn1. The Hall–Kier alpha value is -1.90. The summed E-state index contributed by atoms with van der Waals surface area (Å²) in [4.78, 5) is 10.9. The molecule has 2 rings (SSSR count). The van der Waals surface area contributed by atoms with Gasteiger partial charge >= 0.3 is 5.97 Å². The number of carbonyl (C=O) groups is 1. The Morgan fingerprint density at radius 2 is 2.13 bits per heavy atom. The van der Waals surface area contributed by atoms with E-state index in [-0.39, 0.29) is 22.0 Å². The van der Waals surface area contributed by atoms with Gasteiger partial charge in [-0.1, -0.05) is 11.6 Å². The van der Waals surface area contributed by atoms with Crippen LogP contribution in [0.4, 0.5) is 0 Å². The highest BCUT2D eigenvalue weighted by Crippen LogP contribution is 2.25. The molecule has 0 fully saturated rings. The summed E-state index contributed by atoms with van der Waals surface area (Å²) in [6, 6.07) is 2.32. The molecule has 0 spiro atoms. The van der Waals surface area contributed by atoms with Gasteiger partial charge in [0.05, 0.1) is 16.7 Å². The molecular formula is C14H16ClN3O4S. The number of halogens is 1. The summed E-state index contributed by atoms with van der Waals surface area (Å²) in [6.07, 6.45) is 3.30. The van der Waals surface area contributed by atoms with Crippen LogP contribution >= 0.6 is 11.6 Å². The predicted octanol–water partition coefficient (Wildman–Crippen LogP) is 2.04. The van der Waals surface area contributed by atoms with Crippen LogP contribution in [0.3, 0.4) is 0 Å². The molecule has 2 N–H and O–H groups in total. The largest absolute Gasteiger partial charge is 0.478 e. The van der Waals surface area contributed by atoms with Crippen LogP contribution in [-0.4, -0.2) is 29.3 Å². The van der Waals surface area contributed by atoms with E-state index < -0.39 is 16.0 Å². The Morgan fingerprint density at radius 1 is 1.43 bits per heavy atom. The highest BCUT2D eigenvalue weighted by Gasteiger charge is 2.21. The van der Waals surface area contributed by atoms with Crippen LogP contribution < -0.4 is 4.72 Å². The minimum absolute atomic E-state index is 0.0523. The van der Waals surface area contributed by atoms with Crippen LogP contribution in [0.25, 0.3) is 0 Å². The Kier molecular flexibility index (Phi) is 5.08. The molecule has 1 aromatic carbocycles. The van der Waals surface area contributed by atoms with Gasteiger partial charge in [0, 0.05) is 29.9 Å². The number of benzene rings is 1. The zero-order valence-electron chi connectivity index (χ0n) is 12.6. The fraction of sp³-hybridized carbons (Fsp3) is 0.286. The fourth-order valence-corrected chi connectivity index (χ4v) is 3.57. The van der Waals surface area contributed by atoms with Crippen LogP contribution in [0.15, 0.2) is 29.4 Å². The van der Waals surface area contributed by atoms with Crippen LogP contribution in [-0.2, 0) is 23.1 Å². The number of hydrogen-bond donors (Lipinski definition) is 2. The monoisotopic (exact) mass is 357 g/mol. The minimum atomic E-state index is -3.90. The molecule has 1 aromatic heterocycles. The number of carboxylic acid groups (broad SMARTS) is 1. The molecule has 0 bridgehead atoms. The van der Waals surface area contributed by atoms with Crippen molar-refractivity contribution < 1.29 is 18.3 Å². The number of nitrogens with zero attached hydrogens (tertiary/aromatic N) is 2. The van der Waals surface area contributed by atoms with Crippen molar-refractivity contribution in [1.29, 1.82) is 0 Å². The molecule has 2 aromatic rings. The van der Waals surface area contributed by atoms with Crippen molar-refractivity contribution in [3.63, 3.8) is 0 Å². The maximum Gasteiger partial charge on any atom is 0.335 e. The van der Waals surface area contributed by atoms with Crippen molar-refractivity contribution in [2.24, 2.45) is 0 Å². The molecule has 0 aliphatic rings. The lowest BCUT2D eigenvalue weighted by atomic mass is 10.1. The van der Waals surface area contributed by atoms with Gasteiger partial charge in [0.25, 0.3) is 0 Å². The number of sulfonamides is 1. The van der Waals surface area contributed by atoms with Gasteiger partial charge in [-0.05, 0) is 31.5 Å². The normalized spacial score (nSPS) is 11.6. The molecule has 0 radical (unpaired) electrons. The van der Waals surface area contributed by atoms with Crippen LogP contribution in [0.1, 0.15) is 28.4 Å². The van der Waals surface area contributed by atoms with E-state index in [1.165, 1.54) is 13.0 Å². The fourth-order valence-electron chi connectivity index (χ4n) is 1.98. The lowest BCUT2D eigenvalue weighted by Gasteiger charge is -2.11. The second-order valence-electron chi connectivity index (χ2n) is 4.92. The van der Waals surface area contributed by atoms with Crippen LogP contribution in [0, 0.1) is 6.92 Å². The van der Waals surface area contributed by atoms with Gasteiger partial charge in [0.1, 0.15) is 0 Å². The number of carboxylic acids is 1. The van der Waals surface area contributed by atoms with Crippen molar-refractivity contribution in [3.05, 3.63) is 46.2 Å². The van der Waals surface area contributed by atoms with Crippen LogP contribution in [0.2, 0.25) is 5.02 Å². The lowest BCUT2D eigenvalue weighted by molar-refractivity contribution is 0.0696. The first kappa shape index (κ1) is 17.5. The second-order valence-corrected chi connectivity index (χ2v) is 7.06. The topological polar surface area (TPSA) is 101 Å². The zero-order valence-corrected chi connectivity index (χ0v) is 14.1. The maximum absolute atomic E-state index is 12.4. The van der Waals surface area contributed by atoms with Gasteiger partial charge in [-0.2, -0.15) is 5.10 Å². The van der Waals surface area contributed by atoms with E-state index in [2.05, 4.69) is 9.82 Å². The highest BCUT2D eigenvalue weighted by molar-refractivity contribution is 7.89. The van der Waals surface area contributed by atoms with Crippen LogP contribution in [0.5, 0.6) is 0 Å². The average Bonchev–Trinajstić information content (AvgIpc) is 2.95. The molecule has 124 valence electrons. The molecule has 0 saturated heterocycles. The molecule has 0 atom stereocenters. The predicted molar refractivity (Wildman–Crippen MR) is 85.1 cm³/mol. The van der Waals surface area contributed by atoms with Crippen molar-refractivity contribution >= 4 is 27.6 Å². The zero-order chi connectivity index (χ0) is 17.2. The van der Waals surface area contributed by atoms with Gasteiger partial charge in [-0.3, -0.25) is 4.68 Å². The number of hydrogen-bond acceptors (Lipinski definition) is 4. The quantitative estimate of drug-likeness (QED) is 0.823. The Morgan fingerprint density at radius 3 is 2.70 bits per heavy atom. The first-order chi connectivity index (χ1) is 10.7. The number of aryl methyl sites for hydroxylation is 1. The van der Waals surface area contributed by atoms with E-state index in [1.807, 2.05) is 6.92 Å². The van der Waals surface area contributed by atoms with Crippen molar-refractivity contribution in [2.75, 3.05) is 0 Å². The second kappa shape index (κ2) is 6.69. The molecule has 7 nitrogen and oxygen atoms in total. The molecule has 0 aliphatic carbocycles. The van der Waals surface area contributed by atoms with Gasteiger partial charge < -0.3 is 5.11 Å². The summed E-state index contributed by atoms with van der Waals surface area (Å²) < 4.78 is 29.0. The van der Waals surface area contributed by atoms with E-state index in [0.717, 1.165) is 6.07 Å². The van der Waals surface area contributed by atoms with E-state index in [0.29, 0.717) is 17.7 Å². The van der Waals surface area contributed by atoms with Crippen molar-refractivity contribution in [2.45, 2.75) is 31.8 Å². The van der Waals surface area contributed by atoms with Crippen molar-refractivity contribution in [3.8, 4) is 0 Å². The highest BCUT2D eigenvalue weighted by atomic mass is 35.5. The molecule has 23 heavy (non-hydrogen) atoms. The van der Waals surface area contributed by atoms with E-state index >= 15 is 0 Å². The van der Waals surface area contributed by atoms with Crippen molar-refractivity contribution in [1.82, 2.24) is 14.5 Å². The summed E-state index contributed by atoms with van der Waals surface area (Å²) in [5, 5.41) is 13.2. The minimum Gasteiger partial charge on any atom is -0.478 e. The molecular weight excluding hydrogens is 342 g/mol. The summed E-state index contributed by atoms with van der Waals surface area (Å²) in [5.41, 5.74) is 0.821. The maximum atomic E-state index is 12.4. The summed E-state index contributed by atoms with van der Waals surface area (Å²) >= 11 is 5.94. The Bertz CT molecular complexity index is 846. The summed E-state index contributed by atoms with van der Waals surface area (Å²) in [5.74, 6) is -1.24. The molecule has 0 saturated carbocycles. The van der Waals surface area contributed by atoms with Gasteiger partial charge in [-0.25, -0.2) is 17.9 Å². The third-order valence-corrected chi connectivity index (χ3v) is 5.23. The molecule has 9 heteroatoms. The summed E-state index contributed by atoms with van der Waals surface area (Å²) in [7, 11) is -3.90. The first-order valence-electron chi connectivity index (χ1n) is 6.79. The number of nitrogens with one attached hydrogen (secondary N) is 1. The molecule has 1 heterocycles. The third kappa shape index (κ3) is 3.90. The number of aromatic nitrogens is 2. The standard InChI is InChI=1S/C14H16ClN3O4S/c1-3-18-8-10(6-16-18)7-17-23(21,22)13-5-11(14(19)20)4-12(15)9(13)2/h4-6,8,17H,3,7H2,1-2H3,(H,19,20). The van der Waals surface area contributed by atoms with E-state index in [1.54, 1.807) is 17.1 Å².